The predicted octanol–water partition coefficient (Wildman–Crippen LogP) is 3.70. The third-order valence-corrected chi connectivity index (χ3v) is 2.96. The van der Waals surface area contributed by atoms with E-state index in [9.17, 15) is 8.78 Å². The fourth-order valence-corrected chi connectivity index (χ4v) is 1.92. The second-order valence-corrected chi connectivity index (χ2v) is 4.41. The van der Waals surface area contributed by atoms with Gasteiger partial charge in [0.15, 0.2) is 0 Å². The Labute approximate surface area is 117 Å². The van der Waals surface area contributed by atoms with Crippen molar-refractivity contribution in [1.82, 2.24) is 15.0 Å². The number of hydrogen-bond donors (Lipinski definition) is 1. The van der Waals surface area contributed by atoms with E-state index >= 15 is 0 Å². The molecule has 0 aliphatic rings. The minimum Gasteiger partial charge on any atom is -0.340 e. The Morgan fingerprint density at radius 2 is 1.90 bits per heavy atom. The molecule has 3 aromatic rings. The van der Waals surface area contributed by atoms with Crippen LogP contribution in [0.25, 0.3) is 10.9 Å². The van der Waals surface area contributed by atoms with Crippen molar-refractivity contribution in [2.24, 2.45) is 0 Å². The van der Waals surface area contributed by atoms with Crippen LogP contribution in [0, 0.1) is 11.8 Å². The van der Waals surface area contributed by atoms with Crippen molar-refractivity contribution in [2.75, 3.05) is 5.32 Å². The average molecular weight is 293 g/mol. The third kappa shape index (κ3) is 2.37. The van der Waals surface area contributed by atoms with Gasteiger partial charge >= 0.3 is 0 Å². The fourth-order valence-electron chi connectivity index (χ4n) is 1.74. The van der Waals surface area contributed by atoms with Crippen molar-refractivity contribution in [2.45, 2.75) is 0 Å². The molecule has 0 amide bonds. The Morgan fingerprint density at radius 3 is 2.70 bits per heavy atom. The molecule has 2 aromatic heterocycles. The van der Waals surface area contributed by atoms with Crippen molar-refractivity contribution in [1.29, 1.82) is 0 Å². The molecule has 7 heteroatoms. The molecule has 0 bridgehead atoms. The summed E-state index contributed by atoms with van der Waals surface area (Å²) in [6.45, 7) is 0. The van der Waals surface area contributed by atoms with Gasteiger partial charge in [0.05, 0.1) is 15.9 Å². The van der Waals surface area contributed by atoms with Crippen LogP contribution in [0.15, 0.2) is 36.8 Å². The molecule has 0 aliphatic heterocycles. The van der Waals surface area contributed by atoms with E-state index in [1.807, 2.05) is 0 Å². The molecule has 2 heterocycles. The number of nitrogens with zero attached hydrogens (tertiary/aromatic N) is 3. The molecule has 0 unspecified atom stereocenters. The van der Waals surface area contributed by atoms with Gasteiger partial charge < -0.3 is 5.32 Å². The molecule has 0 fully saturated rings. The van der Waals surface area contributed by atoms with E-state index in [-0.39, 0.29) is 5.02 Å². The van der Waals surface area contributed by atoms with Crippen LogP contribution < -0.4 is 5.32 Å². The van der Waals surface area contributed by atoms with Crippen molar-refractivity contribution in [3.63, 3.8) is 0 Å². The lowest BCUT2D eigenvalue weighted by atomic mass is 10.2. The molecular formula is C13H7ClF2N4. The first-order valence-corrected chi connectivity index (χ1v) is 5.99. The Balaban J connectivity index is 2.04. The maximum Gasteiger partial charge on any atom is 0.215 e. The van der Waals surface area contributed by atoms with Crippen LogP contribution in [0.5, 0.6) is 0 Å². The Morgan fingerprint density at radius 1 is 1.05 bits per heavy atom. The number of benzene rings is 1. The number of aromatic nitrogens is 3. The zero-order valence-electron chi connectivity index (χ0n) is 9.94. The number of halogens is 3. The topological polar surface area (TPSA) is 50.7 Å². The van der Waals surface area contributed by atoms with Gasteiger partial charge in [0.25, 0.3) is 0 Å². The lowest BCUT2D eigenvalue weighted by molar-refractivity contribution is 0.586. The lowest BCUT2D eigenvalue weighted by Gasteiger charge is -2.08. The van der Waals surface area contributed by atoms with E-state index < -0.39 is 11.8 Å². The zero-order chi connectivity index (χ0) is 14.1. The molecule has 0 radical (unpaired) electrons. The van der Waals surface area contributed by atoms with Gasteiger partial charge in [0.2, 0.25) is 5.95 Å². The third-order valence-electron chi connectivity index (χ3n) is 2.67. The number of rotatable bonds is 2. The van der Waals surface area contributed by atoms with Crippen LogP contribution in [0.1, 0.15) is 0 Å². The van der Waals surface area contributed by atoms with Crippen LogP contribution >= 0.6 is 11.6 Å². The SMILES string of the molecule is Fc1cc2ncnc(Nc3ccc(F)c(Cl)c3)c2cn1. The van der Waals surface area contributed by atoms with Crippen LogP contribution in [0.3, 0.4) is 0 Å². The summed E-state index contributed by atoms with van der Waals surface area (Å²) >= 11 is 5.71. The van der Waals surface area contributed by atoms with Crippen LogP contribution in [-0.2, 0) is 0 Å². The zero-order valence-corrected chi connectivity index (χ0v) is 10.7. The molecular weight excluding hydrogens is 286 g/mol. The van der Waals surface area contributed by atoms with Gasteiger partial charge in [0, 0.05) is 18.0 Å². The fraction of sp³-hybridized carbons (Fsp3) is 0. The molecule has 20 heavy (non-hydrogen) atoms. The monoisotopic (exact) mass is 292 g/mol. The standard InChI is InChI=1S/C13H7ClF2N4/c14-9-3-7(1-2-10(9)15)20-13-8-5-17-12(16)4-11(8)18-6-19-13/h1-6H,(H,18,19,20). The first-order valence-electron chi connectivity index (χ1n) is 5.62. The lowest BCUT2D eigenvalue weighted by Crippen LogP contribution is -1.97. The van der Waals surface area contributed by atoms with Gasteiger partial charge in [-0.1, -0.05) is 11.6 Å². The summed E-state index contributed by atoms with van der Waals surface area (Å²) in [6, 6.07) is 5.40. The Kier molecular flexibility index (Phi) is 3.15. The maximum atomic E-state index is 13.1. The van der Waals surface area contributed by atoms with E-state index in [2.05, 4.69) is 20.3 Å². The highest BCUT2D eigenvalue weighted by Gasteiger charge is 2.07. The highest BCUT2D eigenvalue weighted by Crippen LogP contribution is 2.25. The first-order chi connectivity index (χ1) is 9.63. The normalized spacial score (nSPS) is 10.8. The Hall–Kier alpha value is -2.34. The molecule has 3 rings (SSSR count). The highest BCUT2D eigenvalue weighted by molar-refractivity contribution is 6.31. The summed E-state index contributed by atoms with van der Waals surface area (Å²) in [5.41, 5.74) is 0.976. The Bertz CT molecular complexity index is 794. The molecule has 0 aliphatic carbocycles. The van der Waals surface area contributed by atoms with Crippen LogP contribution in [-0.4, -0.2) is 15.0 Å². The summed E-state index contributed by atoms with van der Waals surface area (Å²) in [6.07, 6.45) is 2.63. The summed E-state index contributed by atoms with van der Waals surface area (Å²) in [5, 5.41) is 3.52. The quantitative estimate of drug-likeness (QED) is 0.732. The van der Waals surface area contributed by atoms with Crippen LogP contribution in [0.4, 0.5) is 20.3 Å². The molecule has 0 saturated heterocycles. The summed E-state index contributed by atoms with van der Waals surface area (Å²) < 4.78 is 26.1. The maximum absolute atomic E-state index is 13.1. The van der Waals surface area contributed by atoms with Gasteiger partial charge in [0.1, 0.15) is 18.0 Å². The molecule has 1 aromatic carbocycles. The second-order valence-electron chi connectivity index (χ2n) is 4.00. The number of pyridine rings is 1. The number of nitrogens with one attached hydrogen (secondary N) is 1. The molecule has 0 saturated carbocycles. The number of anilines is 2. The largest absolute Gasteiger partial charge is 0.340 e. The van der Waals surface area contributed by atoms with Crippen molar-refractivity contribution in [3.8, 4) is 0 Å². The molecule has 0 spiro atoms. The van der Waals surface area contributed by atoms with Gasteiger partial charge in [-0.2, -0.15) is 4.39 Å². The molecule has 0 atom stereocenters. The van der Waals surface area contributed by atoms with Gasteiger partial charge in [-0.3, -0.25) is 0 Å². The summed E-state index contributed by atoms with van der Waals surface area (Å²) in [5.74, 6) is -0.689. The van der Waals surface area contributed by atoms with Crippen molar-refractivity contribution in [3.05, 3.63) is 53.6 Å². The van der Waals surface area contributed by atoms with Gasteiger partial charge in [-0.15, -0.1) is 0 Å². The molecule has 1 N–H and O–H groups in total. The summed E-state index contributed by atoms with van der Waals surface area (Å²) in [7, 11) is 0. The van der Waals surface area contributed by atoms with E-state index in [4.69, 9.17) is 11.6 Å². The minimum absolute atomic E-state index is 0.00229. The van der Waals surface area contributed by atoms with Gasteiger partial charge in [-0.25, -0.2) is 19.3 Å². The summed E-state index contributed by atoms with van der Waals surface area (Å²) in [4.78, 5) is 11.6. The molecule has 4 nitrogen and oxygen atoms in total. The van der Waals surface area contributed by atoms with Gasteiger partial charge in [-0.05, 0) is 18.2 Å². The van der Waals surface area contributed by atoms with Crippen LogP contribution in [0.2, 0.25) is 5.02 Å². The first kappa shape index (κ1) is 12.7. The smallest absolute Gasteiger partial charge is 0.215 e. The number of fused-ring (bicyclic) bond motifs is 1. The second kappa shape index (κ2) is 4.97. The highest BCUT2D eigenvalue weighted by atomic mass is 35.5. The van der Waals surface area contributed by atoms with E-state index in [1.54, 1.807) is 0 Å². The van der Waals surface area contributed by atoms with E-state index in [1.165, 1.54) is 36.8 Å². The molecule has 100 valence electrons. The van der Waals surface area contributed by atoms with E-state index in [0.29, 0.717) is 22.4 Å². The van der Waals surface area contributed by atoms with Crippen molar-refractivity contribution < 1.29 is 8.78 Å². The average Bonchev–Trinajstić information content (AvgIpc) is 2.43. The number of hydrogen-bond acceptors (Lipinski definition) is 4. The predicted molar refractivity (Wildman–Crippen MR) is 72.0 cm³/mol. The van der Waals surface area contributed by atoms with E-state index in [0.717, 1.165) is 0 Å². The van der Waals surface area contributed by atoms with Crippen molar-refractivity contribution >= 4 is 34.0 Å². The minimum atomic E-state index is -0.619.